The molecular weight excluding hydrogens is 845 g/mol. The Bertz CT molecular complexity index is 3820. The summed E-state index contributed by atoms with van der Waals surface area (Å²) < 4.78 is 17.9. The zero-order valence-corrected chi connectivity index (χ0v) is 39.6. The van der Waals surface area contributed by atoms with Crippen LogP contribution >= 0.6 is 0 Å². The molecule has 11 aromatic rings. The number of fused-ring (bicyclic) bond motifs is 5. The summed E-state index contributed by atoms with van der Waals surface area (Å²) in [4.78, 5) is 0. The molecular formula is C63H50N4O2. The fraction of sp³-hybridized carbons (Fsp3) is 0.143. The van der Waals surface area contributed by atoms with Crippen molar-refractivity contribution in [1.82, 2.24) is 19.4 Å². The highest BCUT2D eigenvalue weighted by atomic mass is 16.5. The van der Waals surface area contributed by atoms with Gasteiger partial charge in [0.1, 0.15) is 23.0 Å². The summed E-state index contributed by atoms with van der Waals surface area (Å²) in [6.07, 6.45) is 6.08. The molecule has 1 aliphatic carbocycles. The Morgan fingerprint density at radius 1 is 0.449 bits per heavy atom. The number of rotatable bonds is 7. The van der Waals surface area contributed by atoms with E-state index in [2.05, 4.69) is 216 Å². The number of aromatic nitrogens is 4. The fourth-order valence-electron chi connectivity index (χ4n) is 11.2. The Morgan fingerprint density at radius 2 is 1.04 bits per heavy atom. The molecule has 0 unspecified atom stereocenters. The molecule has 2 aliphatic rings. The SMILES string of the molecule is CC1(C)c2cccc(-c3cc(-c4ccccc4)cc(-c4ccccc4)c3)c2Oc2c(-c3cnn(-c4cccc(Oc5ccc6c7cccc8c7c7c(cnn7c6c5)C(C)(C)C8(C)C)c4)c3)cccc21. The molecule has 8 aromatic carbocycles. The lowest BCUT2D eigenvalue weighted by molar-refractivity contribution is 0.304. The predicted octanol–water partition coefficient (Wildman–Crippen LogP) is 16.3. The van der Waals surface area contributed by atoms with Gasteiger partial charge in [0.15, 0.2) is 0 Å². The molecule has 13 rings (SSSR count). The Morgan fingerprint density at radius 3 is 1.74 bits per heavy atom. The van der Waals surface area contributed by atoms with Crippen molar-refractivity contribution in [1.29, 1.82) is 0 Å². The van der Waals surface area contributed by atoms with Gasteiger partial charge in [-0.05, 0) is 86.6 Å². The minimum absolute atomic E-state index is 0.0629. The second-order valence-corrected chi connectivity index (χ2v) is 20.4. The molecule has 0 fully saturated rings. The lowest BCUT2D eigenvalue weighted by Crippen LogP contribution is -2.42. The highest BCUT2D eigenvalue weighted by Crippen LogP contribution is 2.56. The van der Waals surface area contributed by atoms with Gasteiger partial charge in [-0.3, -0.25) is 0 Å². The maximum Gasteiger partial charge on any atom is 0.139 e. The summed E-state index contributed by atoms with van der Waals surface area (Å²) in [5.41, 5.74) is 16.3. The molecule has 0 saturated carbocycles. The van der Waals surface area contributed by atoms with Crippen LogP contribution in [0.15, 0.2) is 195 Å². The highest BCUT2D eigenvalue weighted by molar-refractivity contribution is 6.15. The fourth-order valence-corrected chi connectivity index (χ4v) is 11.2. The van der Waals surface area contributed by atoms with Gasteiger partial charge in [-0.1, -0.05) is 163 Å². The molecule has 0 N–H and O–H groups in total. The van der Waals surface area contributed by atoms with Crippen LogP contribution in [0, 0.1) is 0 Å². The summed E-state index contributed by atoms with van der Waals surface area (Å²) in [6.45, 7) is 14.0. The van der Waals surface area contributed by atoms with Crippen molar-refractivity contribution < 1.29 is 9.47 Å². The zero-order chi connectivity index (χ0) is 46.8. The molecule has 334 valence electrons. The van der Waals surface area contributed by atoms with Gasteiger partial charge in [-0.2, -0.15) is 10.2 Å². The van der Waals surface area contributed by atoms with Crippen LogP contribution in [-0.2, 0) is 16.2 Å². The topological polar surface area (TPSA) is 53.6 Å². The monoisotopic (exact) mass is 894 g/mol. The van der Waals surface area contributed by atoms with Crippen molar-refractivity contribution in [3.05, 3.63) is 217 Å². The van der Waals surface area contributed by atoms with E-state index in [9.17, 15) is 0 Å². The molecule has 6 nitrogen and oxygen atoms in total. The molecule has 4 heterocycles. The van der Waals surface area contributed by atoms with Crippen LogP contribution in [-0.4, -0.2) is 19.4 Å². The number of para-hydroxylation sites is 2. The molecule has 0 amide bonds. The van der Waals surface area contributed by atoms with Crippen molar-refractivity contribution in [2.75, 3.05) is 0 Å². The third-order valence-corrected chi connectivity index (χ3v) is 15.7. The number of hydrogen-bond acceptors (Lipinski definition) is 4. The molecule has 3 aromatic heterocycles. The zero-order valence-electron chi connectivity index (χ0n) is 39.6. The van der Waals surface area contributed by atoms with Crippen molar-refractivity contribution in [3.63, 3.8) is 0 Å². The second-order valence-electron chi connectivity index (χ2n) is 20.4. The Balaban J connectivity index is 0.844. The summed E-state index contributed by atoms with van der Waals surface area (Å²) in [6, 6.07) is 62.3. The van der Waals surface area contributed by atoms with E-state index in [0.29, 0.717) is 5.75 Å². The van der Waals surface area contributed by atoms with E-state index in [4.69, 9.17) is 19.7 Å². The molecule has 69 heavy (non-hydrogen) atoms. The number of ether oxygens (including phenoxy) is 2. The van der Waals surface area contributed by atoms with E-state index in [1.165, 1.54) is 38.5 Å². The number of nitrogens with zero attached hydrogens (tertiary/aromatic N) is 4. The molecule has 0 atom stereocenters. The summed E-state index contributed by atoms with van der Waals surface area (Å²) in [7, 11) is 0. The second kappa shape index (κ2) is 14.9. The van der Waals surface area contributed by atoms with Crippen LogP contribution in [0.4, 0.5) is 0 Å². The van der Waals surface area contributed by atoms with Gasteiger partial charge >= 0.3 is 0 Å². The van der Waals surface area contributed by atoms with Crippen LogP contribution in [0.3, 0.4) is 0 Å². The average Bonchev–Trinajstić information content (AvgIpc) is 4.06. The van der Waals surface area contributed by atoms with E-state index in [0.717, 1.165) is 78.3 Å². The minimum Gasteiger partial charge on any atom is -0.457 e. The summed E-state index contributed by atoms with van der Waals surface area (Å²) in [5, 5.41) is 13.6. The van der Waals surface area contributed by atoms with Crippen LogP contribution in [0.1, 0.15) is 63.8 Å². The largest absolute Gasteiger partial charge is 0.457 e. The first kappa shape index (κ1) is 41.0. The lowest BCUT2D eigenvalue weighted by atomic mass is 9.58. The first-order chi connectivity index (χ1) is 33.5. The van der Waals surface area contributed by atoms with Crippen LogP contribution < -0.4 is 9.47 Å². The smallest absolute Gasteiger partial charge is 0.139 e. The van der Waals surface area contributed by atoms with Crippen LogP contribution in [0.5, 0.6) is 23.0 Å². The third kappa shape index (κ3) is 6.17. The van der Waals surface area contributed by atoms with Gasteiger partial charge in [-0.15, -0.1) is 0 Å². The molecule has 0 saturated heterocycles. The minimum atomic E-state index is -0.344. The number of pyridine rings is 1. The Hall–Kier alpha value is -8.22. The van der Waals surface area contributed by atoms with Gasteiger partial charge in [0.2, 0.25) is 0 Å². The van der Waals surface area contributed by atoms with E-state index in [1.807, 2.05) is 29.1 Å². The van der Waals surface area contributed by atoms with Gasteiger partial charge < -0.3 is 9.47 Å². The molecule has 6 heteroatoms. The van der Waals surface area contributed by atoms with Crippen molar-refractivity contribution in [2.24, 2.45) is 0 Å². The van der Waals surface area contributed by atoms with E-state index in [1.54, 1.807) is 0 Å². The molecule has 0 spiro atoms. The Labute approximate surface area is 402 Å². The maximum atomic E-state index is 7.22. The van der Waals surface area contributed by atoms with Crippen molar-refractivity contribution in [2.45, 2.75) is 57.8 Å². The summed E-state index contributed by atoms with van der Waals surface area (Å²) >= 11 is 0. The quantitative estimate of drug-likeness (QED) is 0.150. The number of hydrogen-bond donors (Lipinski definition) is 0. The Kier molecular flexibility index (Phi) is 8.85. The molecule has 0 radical (unpaired) electrons. The standard InChI is InChI=1S/C63H50N4O2/c1-61(2)53-27-14-23-48(43-32-41(39-17-9-7-10-18-39)31-42(33-43)40-19-11-8-12-20-40)59(53)69-60-49(24-15-28-54(60)61)44-36-64-66(38-44)45-21-13-22-46(34-45)68-47-29-30-50-51-25-16-26-52-57(51)58-55(63(5,6)62(52,3)4)37-65-67(58)56(50)35-47/h7-38H,1-6H3. The van der Waals surface area contributed by atoms with Gasteiger partial charge in [0, 0.05) is 73.3 Å². The highest BCUT2D eigenvalue weighted by Gasteiger charge is 2.46. The lowest BCUT2D eigenvalue weighted by Gasteiger charge is -2.45. The van der Waals surface area contributed by atoms with Gasteiger partial charge in [-0.25, -0.2) is 9.20 Å². The first-order valence-corrected chi connectivity index (χ1v) is 23.9. The van der Waals surface area contributed by atoms with Crippen LogP contribution in [0.2, 0.25) is 0 Å². The molecule has 0 bridgehead atoms. The number of benzene rings is 8. The maximum absolute atomic E-state index is 7.22. The van der Waals surface area contributed by atoms with Gasteiger partial charge in [0.05, 0.1) is 29.1 Å². The van der Waals surface area contributed by atoms with Crippen LogP contribution in [0.25, 0.3) is 77.4 Å². The average molecular weight is 895 g/mol. The summed E-state index contributed by atoms with van der Waals surface area (Å²) in [5.74, 6) is 3.18. The molecule has 1 aliphatic heterocycles. The van der Waals surface area contributed by atoms with E-state index >= 15 is 0 Å². The third-order valence-electron chi connectivity index (χ3n) is 15.7. The van der Waals surface area contributed by atoms with E-state index in [-0.39, 0.29) is 16.2 Å². The van der Waals surface area contributed by atoms with Crippen molar-refractivity contribution in [3.8, 4) is 73.2 Å². The van der Waals surface area contributed by atoms with Crippen molar-refractivity contribution >= 4 is 27.2 Å². The van der Waals surface area contributed by atoms with Gasteiger partial charge in [0.25, 0.3) is 0 Å². The first-order valence-electron chi connectivity index (χ1n) is 23.9. The van der Waals surface area contributed by atoms with E-state index < -0.39 is 0 Å². The predicted molar refractivity (Wildman–Crippen MR) is 280 cm³/mol. The normalized spacial score (nSPS) is 15.0.